The van der Waals surface area contributed by atoms with Gasteiger partial charge in [-0.1, -0.05) is 58.4 Å². The number of nitrogens with zero attached hydrogens (tertiary/aromatic N) is 1. The summed E-state index contributed by atoms with van der Waals surface area (Å²) >= 11 is 0. The Morgan fingerprint density at radius 3 is 2.50 bits per heavy atom. The van der Waals surface area contributed by atoms with Crippen molar-refractivity contribution in [3.63, 3.8) is 0 Å². The molecule has 132 valence electrons. The normalized spacial score (nSPS) is 22.1. The van der Waals surface area contributed by atoms with Crippen molar-refractivity contribution < 1.29 is 4.39 Å². The summed E-state index contributed by atoms with van der Waals surface area (Å²) in [7, 11) is 0. The molecule has 0 spiro atoms. The zero-order chi connectivity index (χ0) is 17.4. The molecule has 0 aliphatic heterocycles. The third-order valence-electron chi connectivity index (χ3n) is 5.93. The van der Waals surface area contributed by atoms with Gasteiger partial charge in [-0.05, 0) is 61.1 Å². The molecule has 1 aromatic carbocycles. The van der Waals surface area contributed by atoms with Crippen molar-refractivity contribution in [3.05, 3.63) is 35.1 Å². The van der Waals surface area contributed by atoms with E-state index in [1.165, 1.54) is 64.2 Å². The summed E-state index contributed by atoms with van der Waals surface area (Å²) in [6, 6.07) is 7.07. The molecular weight excluding hydrogens is 297 g/mol. The second-order valence-electron chi connectivity index (χ2n) is 7.56. The van der Waals surface area contributed by atoms with Gasteiger partial charge >= 0.3 is 0 Å². The smallest absolute Gasteiger partial charge is 0.141 e. The molecule has 0 saturated heterocycles. The van der Waals surface area contributed by atoms with E-state index < -0.39 is 0 Å². The second kappa shape index (κ2) is 9.82. The topological polar surface area (TPSA) is 23.8 Å². The van der Waals surface area contributed by atoms with Gasteiger partial charge in [0.15, 0.2) is 0 Å². The van der Waals surface area contributed by atoms with Crippen molar-refractivity contribution in [2.75, 3.05) is 0 Å². The predicted octanol–water partition coefficient (Wildman–Crippen LogP) is 6.97. The van der Waals surface area contributed by atoms with Crippen LogP contribution < -0.4 is 0 Å². The first-order chi connectivity index (χ1) is 11.7. The standard InChI is InChI=1S/C22H32FN/c1-3-6-17(4-2)7-5-8-18-9-11-19(12-10-18)20-13-14-21(16-24)22(23)15-20/h13-15,17-19H,3-12H2,1-2H3/t17?,18-,19-. The van der Waals surface area contributed by atoms with Crippen LogP contribution >= 0.6 is 0 Å². The monoisotopic (exact) mass is 329 g/mol. The minimum atomic E-state index is -0.362. The molecule has 1 saturated carbocycles. The lowest BCUT2D eigenvalue weighted by atomic mass is 9.76. The maximum Gasteiger partial charge on any atom is 0.141 e. The summed E-state index contributed by atoms with van der Waals surface area (Å²) in [5, 5.41) is 8.84. The molecule has 0 bridgehead atoms. The molecule has 1 unspecified atom stereocenters. The first-order valence-corrected chi connectivity index (χ1v) is 9.87. The van der Waals surface area contributed by atoms with Crippen LogP contribution in [-0.2, 0) is 0 Å². The molecule has 24 heavy (non-hydrogen) atoms. The van der Waals surface area contributed by atoms with E-state index in [2.05, 4.69) is 13.8 Å². The van der Waals surface area contributed by atoms with Gasteiger partial charge in [0.05, 0.1) is 5.56 Å². The molecule has 0 radical (unpaired) electrons. The number of rotatable bonds is 8. The van der Waals surface area contributed by atoms with Crippen LogP contribution in [0.25, 0.3) is 0 Å². The summed E-state index contributed by atoms with van der Waals surface area (Å²) in [5.41, 5.74) is 1.24. The van der Waals surface area contributed by atoms with Crippen LogP contribution in [0.1, 0.15) is 95.1 Å². The van der Waals surface area contributed by atoms with Gasteiger partial charge in [0, 0.05) is 0 Å². The fourth-order valence-electron chi connectivity index (χ4n) is 4.32. The van der Waals surface area contributed by atoms with Gasteiger partial charge in [-0.3, -0.25) is 0 Å². The summed E-state index contributed by atoms with van der Waals surface area (Å²) in [4.78, 5) is 0. The van der Waals surface area contributed by atoms with Gasteiger partial charge in [0.1, 0.15) is 11.9 Å². The molecule has 0 aromatic heterocycles. The molecule has 1 aromatic rings. The predicted molar refractivity (Wildman–Crippen MR) is 98.4 cm³/mol. The highest BCUT2D eigenvalue weighted by Gasteiger charge is 2.23. The summed E-state index contributed by atoms with van der Waals surface area (Å²) in [5.74, 6) is 1.90. The first kappa shape index (κ1) is 19.0. The Bertz CT molecular complexity index is 537. The van der Waals surface area contributed by atoms with Crippen LogP contribution in [0.15, 0.2) is 18.2 Å². The van der Waals surface area contributed by atoms with Crippen LogP contribution in [0.2, 0.25) is 0 Å². The third kappa shape index (κ3) is 5.33. The van der Waals surface area contributed by atoms with Crippen LogP contribution in [0, 0.1) is 29.0 Å². The lowest BCUT2D eigenvalue weighted by molar-refractivity contribution is 0.291. The molecule has 2 heteroatoms. The minimum Gasteiger partial charge on any atom is -0.206 e. The molecule has 1 nitrogen and oxygen atoms in total. The molecule has 0 N–H and O–H groups in total. The largest absolute Gasteiger partial charge is 0.206 e. The Labute approximate surface area is 147 Å². The first-order valence-electron chi connectivity index (χ1n) is 9.87. The van der Waals surface area contributed by atoms with Gasteiger partial charge < -0.3 is 0 Å². The number of hydrogen-bond acceptors (Lipinski definition) is 1. The Morgan fingerprint density at radius 2 is 1.92 bits per heavy atom. The average Bonchev–Trinajstić information content (AvgIpc) is 2.61. The van der Waals surface area contributed by atoms with E-state index in [9.17, 15) is 4.39 Å². The van der Waals surface area contributed by atoms with E-state index in [-0.39, 0.29) is 11.4 Å². The Kier molecular flexibility index (Phi) is 7.76. The van der Waals surface area contributed by atoms with Crippen LogP contribution in [0.5, 0.6) is 0 Å². The zero-order valence-electron chi connectivity index (χ0n) is 15.4. The maximum absolute atomic E-state index is 13.8. The van der Waals surface area contributed by atoms with Crippen molar-refractivity contribution in [3.8, 4) is 6.07 Å². The van der Waals surface area contributed by atoms with E-state index in [1.54, 1.807) is 12.1 Å². The Balaban J connectivity index is 1.75. The molecule has 0 heterocycles. The summed E-state index contributed by atoms with van der Waals surface area (Å²) in [6.45, 7) is 4.61. The quantitative estimate of drug-likeness (QED) is 0.505. The van der Waals surface area contributed by atoms with Gasteiger partial charge in [0.25, 0.3) is 0 Å². The fraction of sp³-hybridized carbons (Fsp3) is 0.682. The average molecular weight is 330 g/mol. The van der Waals surface area contributed by atoms with E-state index in [0.29, 0.717) is 5.92 Å². The Morgan fingerprint density at radius 1 is 1.17 bits per heavy atom. The number of halogens is 1. The van der Waals surface area contributed by atoms with Crippen molar-refractivity contribution in [1.82, 2.24) is 0 Å². The molecule has 1 atom stereocenters. The highest BCUT2D eigenvalue weighted by atomic mass is 19.1. The van der Waals surface area contributed by atoms with Gasteiger partial charge in [-0.25, -0.2) is 4.39 Å². The van der Waals surface area contributed by atoms with Crippen molar-refractivity contribution >= 4 is 0 Å². The number of nitriles is 1. The third-order valence-corrected chi connectivity index (χ3v) is 5.93. The zero-order valence-corrected chi connectivity index (χ0v) is 15.4. The number of hydrogen-bond donors (Lipinski definition) is 0. The number of benzene rings is 1. The van der Waals surface area contributed by atoms with Crippen molar-refractivity contribution in [2.45, 2.75) is 84.0 Å². The van der Waals surface area contributed by atoms with Gasteiger partial charge in [-0.2, -0.15) is 5.26 Å². The highest BCUT2D eigenvalue weighted by Crippen LogP contribution is 2.38. The molecule has 1 fully saturated rings. The molecule has 0 amide bonds. The van der Waals surface area contributed by atoms with Crippen LogP contribution in [0.3, 0.4) is 0 Å². The second-order valence-corrected chi connectivity index (χ2v) is 7.56. The molecular formula is C22H32FN. The van der Waals surface area contributed by atoms with E-state index in [0.717, 1.165) is 17.4 Å². The molecule has 2 rings (SSSR count). The van der Waals surface area contributed by atoms with E-state index in [1.807, 2.05) is 12.1 Å². The van der Waals surface area contributed by atoms with Crippen LogP contribution in [-0.4, -0.2) is 0 Å². The summed E-state index contributed by atoms with van der Waals surface area (Å²) in [6.07, 6.45) is 13.0. The van der Waals surface area contributed by atoms with E-state index >= 15 is 0 Å². The van der Waals surface area contributed by atoms with Gasteiger partial charge in [0.2, 0.25) is 0 Å². The Hall–Kier alpha value is -1.36. The van der Waals surface area contributed by atoms with Gasteiger partial charge in [-0.15, -0.1) is 0 Å². The fourth-order valence-corrected chi connectivity index (χ4v) is 4.32. The van der Waals surface area contributed by atoms with Crippen molar-refractivity contribution in [2.24, 2.45) is 11.8 Å². The summed E-state index contributed by atoms with van der Waals surface area (Å²) < 4.78 is 13.8. The lowest BCUT2D eigenvalue weighted by Gasteiger charge is -2.29. The maximum atomic E-state index is 13.8. The minimum absolute atomic E-state index is 0.157. The lowest BCUT2D eigenvalue weighted by Crippen LogP contribution is -2.14. The van der Waals surface area contributed by atoms with Crippen molar-refractivity contribution in [1.29, 1.82) is 5.26 Å². The van der Waals surface area contributed by atoms with Crippen LogP contribution in [0.4, 0.5) is 4.39 Å². The highest BCUT2D eigenvalue weighted by molar-refractivity contribution is 5.34. The SMILES string of the molecule is CCCC(CC)CCC[C@H]1CC[C@H](c2ccc(C#N)c(F)c2)CC1. The molecule has 1 aliphatic carbocycles. The van der Waals surface area contributed by atoms with E-state index in [4.69, 9.17) is 5.26 Å². The molecule has 1 aliphatic rings.